The molecule has 6 heteroatoms. The largest absolute Gasteiger partial charge is 0.493 e. The van der Waals surface area contributed by atoms with E-state index in [9.17, 15) is 0 Å². The van der Waals surface area contributed by atoms with Gasteiger partial charge in [0.1, 0.15) is 0 Å². The molecule has 0 spiro atoms. The molecule has 0 amide bonds. The summed E-state index contributed by atoms with van der Waals surface area (Å²) in [6.07, 6.45) is 4.31. The lowest BCUT2D eigenvalue weighted by molar-refractivity contribution is 0.355. The van der Waals surface area contributed by atoms with Gasteiger partial charge in [-0.05, 0) is 48.8 Å². The van der Waals surface area contributed by atoms with E-state index in [1.54, 1.807) is 14.2 Å². The van der Waals surface area contributed by atoms with Crippen LogP contribution in [-0.2, 0) is 5.54 Å². The molecule has 0 saturated heterocycles. The molecule has 138 valence electrons. The number of nitrogens with one attached hydrogen (secondary N) is 2. The maximum atomic E-state index is 6.48. The van der Waals surface area contributed by atoms with Gasteiger partial charge in [-0.2, -0.15) is 0 Å². The number of methoxy groups -OCH3 is 2. The van der Waals surface area contributed by atoms with Crippen molar-refractivity contribution in [3.05, 3.63) is 53.1 Å². The molecule has 0 unspecified atom stereocenters. The van der Waals surface area contributed by atoms with Crippen LogP contribution < -0.4 is 20.1 Å². The third-order valence-electron chi connectivity index (χ3n) is 4.84. The lowest BCUT2D eigenvalue weighted by Crippen LogP contribution is -2.45. The highest BCUT2D eigenvalue weighted by Gasteiger charge is 2.37. The summed E-state index contributed by atoms with van der Waals surface area (Å²) >= 11 is 12.1. The lowest BCUT2D eigenvalue weighted by atomic mass is 9.88. The molecule has 1 saturated carbocycles. The van der Waals surface area contributed by atoms with Gasteiger partial charge in [0, 0.05) is 16.8 Å². The van der Waals surface area contributed by atoms with Crippen LogP contribution >= 0.6 is 23.8 Å². The zero-order chi connectivity index (χ0) is 18.6. The van der Waals surface area contributed by atoms with Gasteiger partial charge in [0.2, 0.25) is 0 Å². The number of thiocarbonyl (C=S) groups is 1. The summed E-state index contributed by atoms with van der Waals surface area (Å²) in [6, 6.07) is 13.6. The van der Waals surface area contributed by atoms with Crippen molar-refractivity contribution in [1.29, 1.82) is 0 Å². The maximum absolute atomic E-state index is 6.48. The van der Waals surface area contributed by atoms with E-state index >= 15 is 0 Å². The van der Waals surface area contributed by atoms with Crippen molar-refractivity contribution < 1.29 is 9.47 Å². The fourth-order valence-electron chi connectivity index (χ4n) is 3.58. The molecule has 26 heavy (non-hydrogen) atoms. The smallest absolute Gasteiger partial charge is 0.171 e. The Hall–Kier alpha value is -1.98. The fraction of sp³-hybridized carbons (Fsp3) is 0.350. The quantitative estimate of drug-likeness (QED) is 0.694. The Bertz CT molecular complexity index is 791. The third-order valence-corrected chi connectivity index (χ3v) is 5.37. The standard InChI is InChI=1S/C20H23ClN2O2S/c1-24-17-10-9-14(13-18(17)25-2)22-19(26)23-20(11-5-6-12-20)15-7-3-4-8-16(15)21/h3-4,7-10,13H,5-6,11-12H2,1-2H3,(H2,22,23,26). The number of ether oxygens (including phenoxy) is 2. The second-order valence-corrected chi connectivity index (χ2v) is 7.23. The van der Waals surface area contributed by atoms with E-state index in [1.165, 1.54) is 0 Å². The highest BCUT2D eigenvalue weighted by atomic mass is 35.5. The summed E-state index contributed by atoms with van der Waals surface area (Å²) in [6.45, 7) is 0. The predicted molar refractivity (Wildman–Crippen MR) is 111 cm³/mol. The van der Waals surface area contributed by atoms with Crippen molar-refractivity contribution in [2.24, 2.45) is 0 Å². The van der Waals surface area contributed by atoms with E-state index in [1.807, 2.05) is 36.4 Å². The molecule has 0 heterocycles. The Labute approximate surface area is 164 Å². The van der Waals surface area contributed by atoms with Gasteiger partial charge in [-0.1, -0.05) is 42.6 Å². The van der Waals surface area contributed by atoms with Gasteiger partial charge in [-0.15, -0.1) is 0 Å². The highest BCUT2D eigenvalue weighted by molar-refractivity contribution is 7.80. The van der Waals surface area contributed by atoms with Crippen LogP contribution in [0.1, 0.15) is 31.2 Å². The first kappa shape index (κ1) is 18.8. The maximum Gasteiger partial charge on any atom is 0.171 e. The number of halogens is 1. The predicted octanol–water partition coefficient (Wildman–Crippen LogP) is 5.11. The Morgan fingerprint density at radius 1 is 1.04 bits per heavy atom. The molecule has 1 aliphatic carbocycles. The Kier molecular flexibility index (Phi) is 5.89. The van der Waals surface area contributed by atoms with Crippen molar-refractivity contribution in [3.63, 3.8) is 0 Å². The van der Waals surface area contributed by atoms with Gasteiger partial charge in [-0.25, -0.2) is 0 Å². The summed E-state index contributed by atoms with van der Waals surface area (Å²) in [4.78, 5) is 0. The SMILES string of the molecule is COc1ccc(NC(=S)NC2(c3ccccc3Cl)CCCC2)cc1OC. The Balaban J connectivity index is 1.79. The zero-order valence-corrected chi connectivity index (χ0v) is 16.5. The van der Waals surface area contributed by atoms with Gasteiger partial charge in [0.05, 0.1) is 19.8 Å². The number of benzene rings is 2. The molecule has 2 aromatic rings. The van der Waals surface area contributed by atoms with E-state index in [-0.39, 0.29) is 5.54 Å². The van der Waals surface area contributed by atoms with Gasteiger partial charge in [0.25, 0.3) is 0 Å². The summed E-state index contributed by atoms with van der Waals surface area (Å²) in [7, 11) is 3.23. The lowest BCUT2D eigenvalue weighted by Gasteiger charge is -2.33. The van der Waals surface area contributed by atoms with E-state index < -0.39 is 0 Å². The number of hydrogen-bond acceptors (Lipinski definition) is 3. The van der Waals surface area contributed by atoms with Crippen LogP contribution in [-0.4, -0.2) is 19.3 Å². The van der Waals surface area contributed by atoms with Crippen molar-refractivity contribution in [2.75, 3.05) is 19.5 Å². The third kappa shape index (κ3) is 3.89. The van der Waals surface area contributed by atoms with Crippen LogP contribution in [0.15, 0.2) is 42.5 Å². The first-order valence-corrected chi connectivity index (χ1v) is 9.43. The molecular formula is C20H23ClN2O2S. The molecule has 0 bridgehead atoms. The number of anilines is 1. The molecule has 0 aliphatic heterocycles. The molecule has 0 radical (unpaired) electrons. The van der Waals surface area contributed by atoms with Crippen molar-refractivity contribution in [3.8, 4) is 11.5 Å². The van der Waals surface area contributed by atoms with Gasteiger partial charge < -0.3 is 20.1 Å². The fourth-order valence-corrected chi connectivity index (χ4v) is 4.21. The van der Waals surface area contributed by atoms with Crippen LogP contribution in [0.5, 0.6) is 11.5 Å². The molecule has 4 nitrogen and oxygen atoms in total. The monoisotopic (exact) mass is 390 g/mol. The van der Waals surface area contributed by atoms with E-state index in [0.29, 0.717) is 16.6 Å². The van der Waals surface area contributed by atoms with Crippen molar-refractivity contribution >= 4 is 34.6 Å². The second-order valence-electron chi connectivity index (χ2n) is 6.42. The van der Waals surface area contributed by atoms with Gasteiger partial charge in [-0.3, -0.25) is 0 Å². The van der Waals surface area contributed by atoms with E-state index in [4.69, 9.17) is 33.3 Å². The molecule has 2 N–H and O–H groups in total. The normalized spacial score (nSPS) is 15.3. The molecule has 0 aromatic heterocycles. The number of hydrogen-bond donors (Lipinski definition) is 2. The summed E-state index contributed by atoms with van der Waals surface area (Å²) in [5.41, 5.74) is 1.72. The van der Waals surface area contributed by atoms with Crippen molar-refractivity contribution in [2.45, 2.75) is 31.2 Å². The minimum absolute atomic E-state index is 0.223. The summed E-state index contributed by atoms with van der Waals surface area (Å²) in [5.74, 6) is 1.34. The summed E-state index contributed by atoms with van der Waals surface area (Å²) in [5, 5.41) is 8.12. The molecular weight excluding hydrogens is 368 g/mol. The summed E-state index contributed by atoms with van der Waals surface area (Å²) < 4.78 is 10.6. The average Bonchev–Trinajstić information content (AvgIpc) is 3.11. The molecule has 1 fully saturated rings. The minimum Gasteiger partial charge on any atom is -0.493 e. The zero-order valence-electron chi connectivity index (χ0n) is 15.0. The van der Waals surface area contributed by atoms with Crippen molar-refractivity contribution in [1.82, 2.24) is 5.32 Å². The van der Waals surface area contributed by atoms with Crippen LogP contribution in [0.2, 0.25) is 5.02 Å². The van der Waals surface area contributed by atoms with Gasteiger partial charge in [0.15, 0.2) is 16.6 Å². The van der Waals surface area contributed by atoms with Gasteiger partial charge >= 0.3 is 0 Å². The second kappa shape index (κ2) is 8.14. The van der Waals surface area contributed by atoms with Crippen LogP contribution in [0, 0.1) is 0 Å². The average molecular weight is 391 g/mol. The molecule has 1 aliphatic rings. The molecule has 2 aromatic carbocycles. The van der Waals surface area contributed by atoms with Crippen LogP contribution in [0.3, 0.4) is 0 Å². The minimum atomic E-state index is -0.223. The number of rotatable bonds is 5. The van der Waals surface area contributed by atoms with E-state index in [0.717, 1.165) is 42.0 Å². The molecule has 0 atom stereocenters. The first-order valence-electron chi connectivity index (χ1n) is 8.64. The molecule has 3 rings (SSSR count). The van der Waals surface area contributed by atoms with E-state index in [2.05, 4.69) is 16.7 Å². The Morgan fingerprint density at radius 3 is 2.38 bits per heavy atom. The van der Waals surface area contributed by atoms with Crippen LogP contribution in [0.4, 0.5) is 5.69 Å². The first-order chi connectivity index (χ1) is 12.6. The van der Waals surface area contributed by atoms with Crippen LogP contribution in [0.25, 0.3) is 0 Å². The highest BCUT2D eigenvalue weighted by Crippen LogP contribution is 2.41. The topological polar surface area (TPSA) is 42.5 Å². The Morgan fingerprint density at radius 2 is 1.73 bits per heavy atom.